The standard InChI is InChI=1S/C21H14F4N6O4/c22-14-6-1-10(21(23,24)25)7-16(14)31(18(26)32)11-2-4-12(5-3-11)35-13-8-15-17(27-9-13)29-19(28-15)30-20(33)34/h1-9H,(H2,26,32)(H,33,34)(H2,27,28,29,30)/p+1. The maximum atomic E-state index is 14.3. The fourth-order valence-electron chi connectivity index (χ4n) is 3.19. The number of anilines is 3. The number of imidazole rings is 1. The Morgan fingerprint density at radius 3 is 2.46 bits per heavy atom. The minimum Gasteiger partial charge on any atom is -0.465 e. The normalized spacial score (nSPS) is 11.3. The second kappa shape index (κ2) is 8.81. The van der Waals surface area contributed by atoms with Crippen LogP contribution in [0.15, 0.2) is 54.7 Å². The van der Waals surface area contributed by atoms with Gasteiger partial charge in [-0.05, 0) is 47.4 Å². The Labute approximate surface area is 193 Å². The number of H-pyrrole nitrogens is 2. The predicted octanol–water partition coefficient (Wildman–Crippen LogP) is 4.63. The maximum absolute atomic E-state index is 14.3. The van der Waals surface area contributed by atoms with Crippen LogP contribution in [-0.2, 0) is 6.18 Å². The number of benzene rings is 2. The van der Waals surface area contributed by atoms with E-state index >= 15 is 0 Å². The number of carbonyl (C=O) groups is 2. The van der Waals surface area contributed by atoms with Crippen molar-refractivity contribution in [2.75, 3.05) is 10.2 Å². The summed E-state index contributed by atoms with van der Waals surface area (Å²) in [7, 11) is 0. The zero-order chi connectivity index (χ0) is 25.3. The van der Waals surface area contributed by atoms with Gasteiger partial charge in [0, 0.05) is 6.07 Å². The van der Waals surface area contributed by atoms with Crippen molar-refractivity contribution in [2.45, 2.75) is 6.18 Å². The number of ether oxygens (including phenoxy) is 1. The SMILES string of the molecule is NC(=O)N(c1ccc(Oc2c[nH+]c3nc(NC(=O)O)[nH]c3c2)cc1)c1cc(C(F)(F)F)ccc1F. The summed E-state index contributed by atoms with van der Waals surface area (Å²) in [6.45, 7) is 0. The number of aromatic nitrogens is 3. The number of amides is 3. The molecule has 0 saturated carbocycles. The lowest BCUT2D eigenvalue weighted by molar-refractivity contribution is -0.348. The van der Waals surface area contributed by atoms with Crippen molar-refractivity contribution in [1.82, 2.24) is 9.97 Å². The Kier molecular flexibility index (Phi) is 5.86. The van der Waals surface area contributed by atoms with Crippen LogP contribution in [0.3, 0.4) is 0 Å². The summed E-state index contributed by atoms with van der Waals surface area (Å²) in [5, 5.41) is 10.8. The van der Waals surface area contributed by atoms with Crippen LogP contribution in [0.25, 0.3) is 11.2 Å². The van der Waals surface area contributed by atoms with Crippen LogP contribution in [0, 0.1) is 5.82 Å². The number of carboxylic acid groups (broad SMARTS) is 1. The predicted molar refractivity (Wildman–Crippen MR) is 114 cm³/mol. The van der Waals surface area contributed by atoms with Gasteiger partial charge in [-0.3, -0.25) is 9.88 Å². The molecule has 180 valence electrons. The third kappa shape index (κ3) is 5.05. The minimum absolute atomic E-state index is 0.00128. The highest BCUT2D eigenvalue weighted by Gasteiger charge is 2.32. The number of nitrogens with zero attached hydrogens (tertiary/aromatic N) is 2. The zero-order valence-electron chi connectivity index (χ0n) is 17.4. The first-order valence-electron chi connectivity index (χ1n) is 9.67. The topological polar surface area (TPSA) is 148 Å². The molecule has 0 aliphatic heterocycles. The second-order valence-electron chi connectivity index (χ2n) is 7.05. The summed E-state index contributed by atoms with van der Waals surface area (Å²) in [6, 6.07) is 7.41. The summed E-state index contributed by atoms with van der Waals surface area (Å²) in [5.74, 6) is -0.513. The first-order valence-corrected chi connectivity index (χ1v) is 9.67. The largest absolute Gasteiger partial charge is 0.465 e. The minimum atomic E-state index is -4.75. The Bertz CT molecular complexity index is 1420. The van der Waals surface area contributed by atoms with E-state index in [2.05, 4.69) is 20.3 Å². The second-order valence-corrected chi connectivity index (χ2v) is 7.05. The molecule has 0 fully saturated rings. The van der Waals surface area contributed by atoms with Gasteiger partial charge in [0.15, 0.2) is 5.75 Å². The number of pyridine rings is 1. The molecule has 0 atom stereocenters. The maximum Gasteiger partial charge on any atom is 0.416 e. The van der Waals surface area contributed by atoms with E-state index in [-0.39, 0.29) is 17.4 Å². The molecule has 10 nitrogen and oxygen atoms in total. The summed E-state index contributed by atoms with van der Waals surface area (Å²) in [4.78, 5) is 32.9. The van der Waals surface area contributed by atoms with Crippen molar-refractivity contribution < 1.29 is 42.0 Å². The molecule has 0 spiro atoms. The van der Waals surface area contributed by atoms with E-state index in [1.54, 1.807) is 0 Å². The molecule has 6 N–H and O–H groups in total. The first-order chi connectivity index (χ1) is 16.5. The molecule has 14 heteroatoms. The Morgan fingerprint density at radius 2 is 1.83 bits per heavy atom. The van der Waals surface area contributed by atoms with Gasteiger partial charge >= 0.3 is 29.9 Å². The number of nitrogens with one attached hydrogen (secondary N) is 3. The Balaban J connectivity index is 1.59. The third-order valence-corrected chi connectivity index (χ3v) is 4.66. The number of nitrogens with two attached hydrogens (primary N) is 1. The van der Waals surface area contributed by atoms with Crippen LogP contribution in [-0.4, -0.2) is 27.2 Å². The fraction of sp³-hybridized carbons (Fsp3) is 0.0476. The zero-order valence-corrected chi connectivity index (χ0v) is 17.4. The van der Waals surface area contributed by atoms with Crippen molar-refractivity contribution in [3.8, 4) is 11.5 Å². The smallest absolute Gasteiger partial charge is 0.416 e. The number of hydrogen-bond acceptors (Lipinski definition) is 4. The van der Waals surface area contributed by atoms with E-state index in [0.29, 0.717) is 40.0 Å². The number of halogens is 4. The molecule has 35 heavy (non-hydrogen) atoms. The fourth-order valence-corrected chi connectivity index (χ4v) is 3.19. The average molecular weight is 491 g/mol. The van der Waals surface area contributed by atoms with Crippen LogP contribution in [0.5, 0.6) is 11.5 Å². The summed E-state index contributed by atoms with van der Waals surface area (Å²) in [6.07, 6.45) is -4.59. The lowest BCUT2D eigenvalue weighted by atomic mass is 10.1. The van der Waals surface area contributed by atoms with Crippen molar-refractivity contribution in [3.63, 3.8) is 0 Å². The quantitative estimate of drug-likeness (QED) is 0.301. The van der Waals surface area contributed by atoms with Gasteiger partial charge in [0.1, 0.15) is 23.3 Å². The molecule has 0 unspecified atom stereocenters. The van der Waals surface area contributed by atoms with Gasteiger partial charge < -0.3 is 15.6 Å². The number of hydrogen-bond donors (Lipinski definition) is 4. The molecular weight excluding hydrogens is 476 g/mol. The van der Waals surface area contributed by atoms with Crippen molar-refractivity contribution in [1.29, 1.82) is 0 Å². The van der Waals surface area contributed by atoms with Gasteiger partial charge in [-0.25, -0.2) is 24.3 Å². The first kappa shape index (κ1) is 23.3. The van der Waals surface area contributed by atoms with E-state index in [1.165, 1.54) is 36.5 Å². The number of urea groups is 1. The van der Waals surface area contributed by atoms with Crippen LogP contribution in [0.4, 0.5) is 44.5 Å². The highest BCUT2D eigenvalue weighted by atomic mass is 19.4. The van der Waals surface area contributed by atoms with Gasteiger partial charge in [-0.2, -0.15) is 13.2 Å². The van der Waals surface area contributed by atoms with E-state index < -0.39 is 35.4 Å². The number of carbonyl (C=O) groups excluding carboxylic acids is 1. The molecule has 4 aromatic rings. The van der Waals surface area contributed by atoms with Gasteiger partial charge in [-0.15, -0.1) is 0 Å². The van der Waals surface area contributed by atoms with Gasteiger partial charge in [-0.1, -0.05) is 0 Å². The summed E-state index contributed by atoms with van der Waals surface area (Å²) < 4.78 is 59.2. The number of rotatable bonds is 5. The molecule has 3 amide bonds. The van der Waals surface area contributed by atoms with Crippen molar-refractivity contribution in [3.05, 3.63) is 66.1 Å². The number of fused-ring (bicyclic) bond motifs is 1. The van der Waals surface area contributed by atoms with Crippen LogP contribution < -0.4 is 25.7 Å². The summed E-state index contributed by atoms with van der Waals surface area (Å²) >= 11 is 0. The van der Waals surface area contributed by atoms with E-state index in [1.807, 2.05) is 0 Å². The van der Waals surface area contributed by atoms with E-state index in [9.17, 15) is 27.2 Å². The van der Waals surface area contributed by atoms with E-state index in [0.717, 1.165) is 0 Å². The molecule has 0 saturated heterocycles. The molecule has 2 aromatic carbocycles. The molecule has 2 heterocycles. The molecular formula is C21H15F4N6O4+. The highest BCUT2D eigenvalue weighted by Crippen LogP contribution is 2.36. The number of primary amides is 1. The highest BCUT2D eigenvalue weighted by molar-refractivity contribution is 5.98. The van der Waals surface area contributed by atoms with E-state index in [4.69, 9.17) is 15.6 Å². The molecule has 2 aromatic heterocycles. The third-order valence-electron chi connectivity index (χ3n) is 4.66. The lowest BCUT2D eigenvalue weighted by Crippen LogP contribution is -2.32. The van der Waals surface area contributed by atoms with Crippen molar-refractivity contribution in [2.24, 2.45) is 5.73 Å². The molecule has 4 rings (SSSR count). The van der Waals surface area contributed by atoms with Crippen LogP contribution in [0.2, 0.25) is 0 Å². The average Bonchev–Trinajstić information content (AvgIpc) is 3.16. The Hall–Kier alpha value is -4.88. The van der Waals surface area contributed by atoms with Crippen molar-refractivity contribution >= 4 is 40.6 Å². The van der Waals surface area contributed by atoms with Gasteiger partial charge in [0.05, 0.1) is 16.9 Å². The van der Waals surface area contributed by atoms with Crippen LogP contribution in [0.1, 0.15) is 5.56 Å². The Morgan fingerprint density at radius 1 is 1.11 bits per heavy atom. The molecule has 0 aliphatic rings. The van der Waals surface area contributed by atoms with Gasteiger partial charge in [0.2, 0.25) is 0 Å². The number of aromatic amines is 2. The molecule has 0 bridgehead atoms. The monoisotopic (exact) mass is 491 g/mol. The van der Waals surface area contributed by atoms with Gasteiger partial charge in [0.25, 0.3) is 0 Å². The van der Waals surface area contributed by atoms with Crippen LogP contribution >= 0.6 is 0 Å². The molecule has 0 radical (unpaired) electrons. The lowest BCUT2D eigenvalue weighted by Gasteiger charge is -2.22. The number of alkyl halides is 3. The summed E-state index contributed by atoms with van der Waals surface area (Å²) in [5.41, 5.74) is 4.31. The molecule has 0 aliphatic carbocycles.